The van der Waals surface area contributed by atoms with Gasteiger partial charge in [-0.3, -0.25) is 4.79 Å². The van der Waals surface area contributed by atoms with Crippen molar-refractivity contribution in [3.05, 3.63) is 45.8 Å². The van der Waals surface area contributed by atoms with E-state index in [0.29, 0.717) is 17.3 Å². The van der Waals surface area contributed by atoms with Crippen LogP contribution in [0.3, 0.4) is 0 Å². The standard InChI is InChI=1S/C15H13F3N2O/c1-14(2)6-5-8-10(20-14)3-4-11-13(8)9(15(16,17)18)7-12(21)19-11/h3-7,20H,1-2H3,(H,19,21). The number of rotatable bonds is 0. The fourth-order valence-corrected chi connectivity index (χ4v) is 2.57. The molecule has 0 saturated heterocycles. The van der Waals surface area contributed by atoms with Gasteiger partial charge in [-0.25, -0.2) is 0 Å². The van der Waals surface area contributed by atoms with E-state index in [9.17, 15) is 18.0 Å². The monoisotopic (exact) mass is 294 g/mol. The molecule has 0 aliphatic carbocycles. The zero-order valence-corrected chi connectivity index (χ0v) is 11.4. The lowest BCUT2D eigenvalue weighted by Crippen LogP contribution is -2.30. The van der Waals surface area contributed by atoms with E-state index < -0.39 is 17.3 Å². The molecular weight excluding hydrogens is 281 g/mol. The van der Waals surface area contributed by atoms with E-state index in [2.05, 4.69) is 10.3 Å². The molecule has 1 aliphatic heterocycles. The first kappa shape index (κ1) is 13.7. The van der Waals surface area contributed by atoms with E-state index in [-0.39, 0.29) is 16.4 Å². The molecule has 3 nitrogen and oxygen atoms in total. The Morgan fingerprint density at radius 2 is 1.90 bits per heavy atom. The number of pyridine rings is 1. The van der Waals surface area contributed by atoms with Crippen molar-refractivity contribution >= 4 is 22.7 Å². The first-order chi connectivity index (χ1) is 9.67. The molecule has 0 spiro atoms. The van der Waals surface area contributed by atoms with Crippen LogP contribution < -0.4 is 10.9 Å². The van der Waals surface area contributed by atoms with Crippen LogP contribution in [0.1, 0.15) is 25.0 Å². The lowest BCUT2D eigenvalue weighted by atomic mass is 9.92. The third kappa shape index (κ3) is 2.30. The number of benzene rings is 1. The maximum Gasteiger partial charge on any atom is 0.417 e. The number of anilines is 1. The minimum absolute atomic E-state index is 0.0128. The van der Waals surface area contributed by atoms with Gasteiger partial charge >= 0.3 is 6.18 Å². The molecule has 2 aromatic rings. The summed E-state index contributed by atoms with van der Waals surface area (Å²) < 4.78 is 39.7. The Hall–Kier alpha value is -2.24. The molecule has 0 saturated carbocycles. The van der Waals surface area contributed by atoms with Gasteiger partial charge < -0.3 is 10.3 Å². The predicted molar refractivity (Wildman–Crippen MR) is 76.3 cm³/mol. The normalized spacial score (nSPS) is 16.6. The summed E-state index contributed by atoms with van der Waals surface area (Å²) >= 11 is 0. The van der Waals surface area contributed by atoms with Gasteiger partial charge in [0.1, 0.15) is 0 Å². The maximum absolute atomic E-state index is 13.2. The van der Waals surface area contributed by atoms with Gasteiger partial charge in [-0.1, -0.05) is 12.2 Å². The smallest absolute Gasteiger partial charge is 0.376 e. The summed E-state index contributed by atoms with van der Waals surface area (Å²) in [7, 11) is 0. The molecule has 0 amide bonds. The Morgan fingerprint density at radius 1 is 1.19 bits per heavy atom. The summed E-state index contributed by atoms with van der Waals surface area (Å²) in [6.07, 6.45) is -1.11. The summed E-state index contributed by atoms with van der Waals surface area (Å²) in [6, 6.07) is 3.78. The van der Waals surface area contributed by atoms with Crippen molar-refractivity contribution in [1.82, 2.24) is 4.98 Å². The van der Waals surface area contributed by atoms with E-state index in [1.54, 1.807) is 18.2 Å². The topological polar surface area (TPSA) is 44.9 Å². The molecule has 1 aromatic carbocycles. The molecular formula is C15H13F3N2O. The first-order valence-electron chi connectivity index (χ1n) is 6.42. The van der Waals surface area contributed by atoms with E-state index in [4.69, 9.17) is 0 Å². The van der Waals surface area contributed by atoms with Gasteiger partial charge in [-0.15, -0.1) is 0 Å². The minimum Gasteiger partial charge on any atom is -0.376 e. The second-order valence-electron chi connectivity index (χ2n) is 5.67. The van der Waals surface area contributed by atoms with Crippen molar-refractivity contribution in [2.75, 3.05) is 5.32 Å². The maximum atomic E-state index is 13.2. The van der Waals surface area contributed by atoms with Crippen LogP contribution in [-0.4, -0.2) is 10.5 Å². The Balaban J connectivity index is 2.41. The number of fused-ring (bicyclic) bond motifs is 3. The van der Waals surface area contributed by atoms with Crippen LogP contribution in [0.4, 0.5) is 18.9 Å². The molecule has 21 heavy (non-hydrogen) atoms. The Labute approximate surface area is 118 Å². The van der Waals surface area contributed by atoms with Crippen molar-refractivity contribution in [3.8, 4) is 0 Å². The number of hydrogen-bond acceptors (Lipinski definition) is 2. The van der Waals surface area contributed by atoms with Crippen LogP contribution in [0.5, 0.6) is 0 Å². The molecule has 110 valence electrons. The first-order valence-corrected chi connectivity index (χ1v) is 6.42. The van der Waals surface area contributed by atoms with Crippen LogP contribution in [0.2, 0.25) is 0 Å². The molecule has 0 unspecified atom stereocenters. The van der Waals surface area contributed by atoms with E-state index in [1.165, 1.54) is 6.07 Å². The SMILES string of the molecule is CC1(C)C=Cc2c(ccc3[nH]c(=O)cc(C(F)(F)F)c23)N1. The molecule has 0 radical (unpaired) electrons. The Kier molecular flexibility index (Phi) is 2.70. The summed E-state index contributed by atoms with van der Waals surface area (Å²) in [6.45, 7) is 3.85. The van der Waals surface area contributed by atoms with Crippen molar-refractivity contribution in [2.45, 2.75) is 25.6 Å². The van der Waals surface area contributed by atoms with Crippen LogP contribution in [0.15, 0.2) is 29.1 Å². The van der Waals surface area contributed by atoms with E-state index in [0.717, 1.165) is 0 Å². The van der Waals surface area contributed by atoms with Gasteiger partial charge in [0.25, 0.3) is 0 Å². The Morgan fingerprint density at radius 3 is 2.57 bits per heavy atom. The molecule has 0 fully saturated rings. The number of hydrogen-bond donors (Lipinski definition) is 2. The van der Waals surface area contributed by atoms with Gasteiger partial charge in [0.2, 0.25) is 5.56 Å². The van der Waals surface area contributed by atoms with Crippen LogP contribution in [0, 0.1) is 0 Å². The zero-order chi connectivity index (χ0) is 15.4. The number of aromatic nitrogens is 1. The molecule has 1 aliphatic rings. The number of halogens is 3. The predicted octanol–water partition coefficient (Wildman–Crippen LogP) is 3.76. The van der Waals surface area contributed by atoms with Crippen molar-refractivity contribution in [1.29, 1.82) is 0 Å². The van der Waals surface area contributed by atoms with Crippen LogP contribution in [-0.2, 0) is 6.18 Å². The highest BCUT2D eigenvalue weighted by Gasteiger charge is 2.35. The minimum atomic E-state index is -4.58. The summed E-state index contributed by atoms with van der Waals surface area (Å²) in [5.74, 6) is 0. The van der Waals surface area contributed by atoms with Gasteiger partial charge in [-0.2, -0.15) is 13.2 Å². The van der Waals surface area contributed by atoms with Gasteiger partial charge in [0, 0.05) is 28.2 Å². The van der Waals surface area contributed by atoms with Crippen molar-refractivity contribution in [2.24, 2.45) is 0 Å². The van der Waals surface area contributed by atoms with Gasteiger partial charge in [0.15, 0.2) is 0 Å². The van der Waals surface area contributed by atoms with Gasteiger partial charge in [-0.05, 0) is 26.0 Å². The third-order valence-corrected chi connectivity index (χ3v) is 3.48. The molecule has 6 heteroatoms. The number of alkyl halides is 3. The van der Waals surface area contributed by atoms with E-state index >= 15 is 0 Å². The lowest BCUT2D eigenvalue weighted by molar-refractivity contribution is -0.136. The van der Waals surface area contributed by atoms with Crippen molar-refractivity contribution < 1.29 is 13.2 Å². The number of nitrogens with one attached hydrogen (secondary N) is 2. The van der Waals surface area contributed by atoms with Crippen LogP contribution >= 0.6 is 0 Å². The zero-order valence-electron chi connectivity index (χ0n) is 11.4. The molecule has 2 heterocycles. The summed E-state index contributed by atoms with van der Waals surface area (Å²) in [5.41, 5.74) is -0.767. The molecule has 0 atom stereocenters. The Bertz CT molecular complexity index is 816. The largest absolute Gasteiger partial charge is 0.417 e. The van der Waals surface area contributed by atoms with E-state index in [1.807, 2.05) is 13.8 Å². The molecule has 1 aromatic heterocycles. The molecule has 3 rings (SSSR count). The highest BCUT2D eigenvalue weighted by atomic mass is 19.4. The second-order valence-corrected chi connectivity index (χ2v) is 5.67. The quantitative estimate of drug-likeness (QED) is 0.777. The number of aromatic amines is 1. The average Bonchev–Trinajstić information content (AvgIpc) is 2.35. The summed E-state index contributed by atoms with van der Waals surface area (Å²) in [4.78, 5) is 13.9. The van der Waals surface area contributed by atoms with Crippen LogP contribution in [0.25, 0.3) is 17.0 Å². The highest BCUT2D eigenvalue weighted by molar-refractivity contribution is 5.97. The fraction of sp³-hybridized carbons (Fsp3) is 0.267. The third-order valence-electron chi connectivity index (χ3n) is 3.48. The fourth-order valence-electron chi connectivity index (χ4n) is 2.57. The summed E-state index contributed by atoms with van der Waals surface area (Å²) in [5, 5.41) is 3.19. The second kappa shape index (κ2) is 4.13. The molecule has 2 N–H and O–H groups in total. The van der Waals surface area contributed by atoms with Crippen molar-refractivity contribution in [3.63, 3.8) is 0 Å². The highest BCUT2D eigenvalue weighted by Crippen LogP contribution is 2.39. The van der Waals surface area contributed by atoms with Gasteiger partial charge in [0.05, 0.1) is 11.1 Å². The average molecular weight is 294 g/mol. The number of H-pyrrole nitrogens is 1. The lowest BCUT2D eigenvalue weighted by Gasteiger charge is -2.30. The molecule has 0 bridgehead atoms.